The first-order chi connectivity index (χ1) is 18.4. The highest BCUT2D eigenvalue weighted by Gasteiger charge is 2.36. The van der Waals surface area contributed by atoms with Gasteiger partial charge in [0.05, 0.1) is 11.6 Å². The van der Waals surface area contributed by atoms with Gasteiger partial charge >= 0.3 is 6.18 Å². The molecular formula is C30H29F3N4O2. The summed E-state index contributed by atoms with van der Waals surface area (Å²) in [4.78, 5) is 26.8. The molecule has 0 spiro atoms. The summed E-state index contributed by atoms with van der Waals surface area (Å²) in [6, 6.07) is 23.3. The van der Waals surface area contributed by atoms with Gasteiger partial charge < -0.3 is 11.1 Å². The van der Waals surface area contributed by atoms with Gasteiger partial charge in [-0.05, 0) is 41.0 Å². The first-order valence-electron chi connectivity index (χ1n) is 12.4. The van der Waals surface area contributed by atoms with Crippen LogP contribution < -0.4 is 11.1 Å². The van der Waals surface area contributed by atoms with Crippen LogP contribution in [0.4, 0.5) is 18.9 Å². The Morgan fingerprint density at radius 2 is 1.56 bits per heavy atom. The van der Waals surface area contributed by atoms with Crippen LogP contribution in [0.1, 0.15) is 59.6 Å². The van der Waals surface area contributed by atoms with Crippen molar-refractivity contribution in [1.82, 2.24) is 9.78 Å². The van der Waals surface area contributed by atoms with Gasteiger partial charge in [0, 0.05) is 23.7 Å². The van der Waals surface area contributed by atoms with Gasteiger partial charge in [-0.2, -0.15) is 18.3 Å². The molecule has 1 heterocycles. The number of amides is 1. The normalized spacial score (nSPS) is 12.7. The molecule has 202 valence electrons. The van der Waals surface area contributed by atoms with Gasteiger partial charge in [-0.25, -0.2) is 4.68 Å². The number of nitrogens with one attached hydrogen (secondary N) is 1. The number of hydrogen-bond donors (Lipinski definition) is 2. The SMILES string of the molecule is CC(C)(C)C(=O)C(c1ccccc1)c1cccc(NC(=O)c2cc(C(F)(F)F)nn2-c2cccc(CN)c2)c1. The number of anilines is 1. The summed E-state index contributed by atoms with van der Waals surface area (Å²) in [5.74, 6) is -1.39. The van der Waals surface area contributed by atoms with Crippen LogP contribution in [0.25, 0.3) is 5.69 Å². The molecule has 3 N–H and O–H groups in total. The third-order valence-electron chi connectivity index (χ3n) is 6.24. The fourth-order valence-corrected chi connectivity index (χ4v) is 4.26. The van der Waals surface area contributed by atoms with Crippen LogP contribution >= 0.6 is 0 Å². The number of ketones is 1. The Morgan fingerprint density at radius 3 is 2.21 bits per heavy atom. The van der Waals surface area contributed by atoms with Crippen LogP contribution in [0.5, 0.6) is 0 Å². The number of carbonyl (C=O) groups is 2. The average molecular weight is 535 g/mol. The number of Topliss-reactive ketones (excluding diaryl/α,β-unsaturated/α-hetero) is 1. The van der Waals surface area contributed by atoms with E-state index in [0.29, 0.717) is 22.9 Å². The molecule has 3 aromatic carbocycles. The number of aromatic nitrogens is 2. The Balaban J connectivity index is 1.72. The van der Waals surface area contributed by atoms with E-state index in [9.17, 15) is 22.8 Å². The summed E-state index contributed by atoms with van der Waals surface area (Å²) in [5, 5.41) is 6.35. The molecule has 4 aromatic rings. The Bertz CT molecular complexity index is 1490. The van der Waals surface area contributed by atoms with Crippen molar-refractivity contribution in [2.24, 2.45) is 11.1 Å². The van der Waals surface area contributed by atoms with Crippen molar-refractivity contribution < 1.29 is 22.8 Å². The molecule has 1 unspecified atom stereocenters. The predicted octanol–water partition coefficient (Wildman–Crippen LogP) is 6.35. The number of benzene rings is 3. The van der Waals surface area contributed by atoms with Crippen LogP contribution in [0.3, 0.4) is 0 Å². The number of rotatable bonds is 7. The van der Waals surface area contributed by atoms with Gasteiger partial charge in [0.1, 0.15) is 11.5 Å². The molecule has 39 heavy (non-hydrogen) atoms. The number of hydrogen-bond acceptors (Lipinski definition) is 4. The van der Waals surface area contributed by atoms with E-state index < -0.39 is 29.1 Å². The molecule has 9 heteroatoms. The summed E-state index contributed by atoms with van der Waals surface area (Å²) in [6.45, 7) is 5.70. The van der Waals surface area contributed by atoms with Crippen molar-refractivity contribution in [3.05, 3.63) is 113 Å². The van der Waals surface area contributed by atoms with Crippen molar-refractivity contribution in [1.29, 1.82) is 0 Å². The number of alkyl halides is 3. The molecule has 0 saturated carbocycles. The molecule has 1 atom stereocenters. The quantitative estimate of drug-likeness (QED) is 0.289. The molecule has 0 saturated heterocycles. The molecule has 0 radical (unpaired) electrons. The fourth-order valence-electron chi connectivity index (χ4n) is 4.26. The second-order valence-electron chi connectivity index (χ2n) is 10.2. The van der Waals surface area contributed by atoms with Crippen molar-refractivity contribution in [3.63, 3.8) is 0 Å². The Labute approximate surface area is 224 Å². The van der Waals surface area contributed by atoms with E-state index in [2.05, 4.69) is 10.4 Å². The first kappa shape index (κ1) is 27.8. The zero-order chi connectivity index (χ0) is 28.4. The van der Waals surface area contributed by atoms with Crippen molar-refractivity contribution in [2.75, 3.05) is 5.32 Å². The van der Waals surface area contributed by atoms with Gasteiger partial charge in [-0.15, -0.1) is 0 Å². The van der Waals surface area contributed by atoms with Crippen molar-refractivity contribution in [3.8, 4) is 5.69 Å². The molecule has 0 fully saturated rings. The molecule has 6 nitrogen and oxygen atoms in total. The lowest BCUT2D eigenvalue weighted by atomic mass is 9.76. The zero-order valence-corrected chi connectivity index (χ0v) is 21.8. The zero-order valence-electron chi connectivity index (χ0n) is 21.8. The molecule has 1 amide bonds. The molecule has 0 aliphatic heterocycles. The Morgan fingerprint density at radius 1 is 0.897 bits per heavy atom. The van der Waals surface area contributed by atoms with Gasteiger partial charge in [0.25, 0.3) is 5.91 Å². The number of carbonyl (C=O) groups excluding carboxylic acids is 2. The van der Waals surface area contributed by atoms with Crippen LogP contribution in [0.15, 0.2) is 84.9 Å². The Hall–Kier alpha value is -4.24. The van der Waals surface area contributed by atoms with E-state index in [-0.39, 0.29) is 23.7 Å². The second-order valence-corrected chi connectivity index (χ2v) is 10.2. The maximum Gasteiger partial charge on any atom is 0.435 e. The van der Waals surface area contributed by atoms with Crippen LogP contribution in [0.2, 0.25) is 0 Å². The topological polar surface area (TPSA) is 90.0 Å². The first-order valence-corrected chi connectivity index (χ1v) is 12.4. The molecule has 0 aliphatic carbocycles. The number of halogens is 3. The van der Waals surface area contributed by atoms with Crippen LogP contribution in [-0.2, 0) is 17.5 Å². The lowest BCUT2D eigenvalue weighted by Gasteiger charge is -2.26. The highest BCUT2D eigenvalue weighted by atomic mass is 19.4. The van der Waals surface area contributed by atoms with E-state index in [1.54, 1.807) is 48.5 Å². The molecule has 4 rings (SSSR count). The predicted molar refractivity (Wildman–Crippen MR) is 144 cm³/mol. The Kier molecular flexibility index (Phi) is 7.74. The second kappa shape index (κ2) is 10.9. The summed E-state index contributed by atoms with van der Waals surface area (Å²) in [5.41, 5.74) is 6.28. The fraction of sp³-hybridized carbons (Fsp3) is 0.233. The summed E-state index contributed by atoms with van der Waals surface area (Å²) < 4.78 is 41.6. The largest absolute Gasteiger partial charge is 0.435 e. The minimum atomic E-state index is -4.75. The van der Waals surface area contributed by atoms with Crippen molar-refractivity contribution in [2.45, 2.75) is 39.4 Å². The molecular weight excluding hydrogens is 505 g/mol. The minimum Gasteiger partial charge on any atom is -0.326 e. The van der Waals surface area contributed by atoms with E-state index >= 15 is 0 Å². The van der Waals surface area contributed by atoms with Gasteiger partial charge in [0.15, 0.2) is 5.69 Å². The number of nitrogens with zero attached hydrogens (tertiary/aromatic N) is 2. The van der Waals surface area contributed by atoms with Gasteiger partial charge in [-0.1, -0.05) is 75.4 Å². The monoisotopic (exact) mass is 534 g/mol. The standard InChI is InChI=1S/C30H29F3N4O2/c1-29(2,3)27(38)26(20-10-5-4-6-11-20)21-12-8-13-22(16-21)35-28(39)24-17-25(30(31,32)33)36-37(24)23-14-7-9-19(15-23)18-34/h4-17,26H,18,34H2,1-3H3,(H,35,39). The van der Waals surface area contributed by atoms with Gasteiger partial charge in [-0.3, -0.25) is 9.59 Å². The van der Waals surface area contributed by atoms with Crippen LogP contribution in [0, 0.1) is 5.41 Å². The molecule has 0 aliphatic rings. The lowest BCUT2D eigenvalue weighted by Crippen LogP contribution is -2.28. The number of nitrogens with two attached hydrogens (primary N) is 1. The minimum absolute atomic E-state index is 0.00939. The summed E-state index contributed by atoms with van der Waals surface area (Å²) >= 11 is 0. The maximum absolute atomic E-state index is 13.5. The van der Waals surface area contributed by atoms with E-state index in [4.69, 9.17) is 5.73 Å². The molecule has 0 bridgehead atoms. The van der Waals surface area contributed by atoms with E-state index in [1.807, 2.05) is 51.1 Å². The lowest BCUT2D eigenvalue weighted by molar-refractivity contribution is -0.141. The van der Waals surface area contributed by atoms with Crippen molar-refractivity contribution >= 4 is 17.4 Å². The maximum atomic E-state index is 13.5. The van der Waals surface area contributed by atoms with Gasteiger partial charge in [0.2, 0.25) is 0 Å². The highest BCUT2D eigenvalue weighted by Crippen LogP contribution is 2.34. The summed E-state index contributed by atoms with van der Waals surface area (Å²) in [7, 11) is 0. The summed E-state index contributed by atoms with van der Waals surface area (Å²) in [6.07, 6.45) is -4.75. The van der Waals surface area contributed by atoms with E-state index in [1.165, 1.54) is 0 Å². The smallest absolute Gasteiger partial charge is 0.326 e. The third kappa shape index (κ3) is 6.26. The molecule has 1 aromatic heterocycles. The highest BCUT2D eigenvalue weighted by molar-refractivity contribution is 6.03. The average Bonchev–Trinajstić information content (AvgIpc) is 3.36. The van der Waals surface area contributed by atoms with E-state index in [0.717, 1.165) is 10.2 Å². The third-order valence-corrected chi connectivity index (χ3v) is 6.24. The van der Waals surface area contributed by atoms with Crippen LogP contribution in [-0.4, -0.2) is 21.5 Å².